The molecular formula is C35H37ClN8O9. The molecule has 2 aromatic heterocycles. The molecule has 3 N–H and O–H groups in total. The number of oxazole rings is 1. The van der Waals surface area contributed by atoms with Gasteiger partial charge in [0, 0.05) is 37.0 Å². The maximum absolute atomic E-state index is 13.2. The van der Waals surface area contributed by atoms with Crippen LogP contribution in [0.1, 0.15) is 56.2 Å². The maximum atomic E-state index is 13.2. The molecule has 53 heavy (non-hydrogen) atoms. The molecule has 6 rings (SSSR count). The minimum atomic E-state index is -1.02. The van der Waals surface area contributed by atoms with Gasteiger partial charge in [0.25, 0.3) is 17.7 Å². The predicted octanol–water partition coefficient (Wildman–Crippen LogP) is 2.50. The van der Waals surface area contributed by atoms with E-state index in [9.17, 15) is 24.0 Å². The molecular weight excluding hydrogens is 712 g/mol. The highest BCUT2D eigenvalue weighted by Crippen LogP contribution is 2.33. The molecule has 17 nitrogen and oxygen atoms in total. The number of amides is 5. The number of aryl methyl sites for hydroxylation is 1. The molecule has 278 valence electrons. The number of ether oxygens (including phenoxy) is 3. The van der Waals surface area contributed by atoms with E-state index in [-0.39, 0.29) is 35.6 Å². The SMILES string of the molecule is COc1ccc(-c2ocnc2C(=O)NCCCc2cn(CCOCCOCCNc3cccc4c3C(=O)N(C3CCC(=O)NC3=O)C4=O)nn2)cc1Cl. The van der Waals surface area contributed by atoms with Gasteiger partial charge in [-0.15, -0.1) is 5.10 Å². The quantitative estimate of drug-likeness (QED) is 0.0988. The Hall–Kier alpha value is -5.65. The molecule has 0 bridgehead atoms. The number of hydrogen-bond donors (Lipinski definition) is 3. The van der Waals surface area contributed by atoms with Gasteiger partial charge >= 0.3 is 0 Å². The second kappa shape index (κ2) is 17.2. The van der Waals surface area contributed by atoms with E-state index in [1.807, 2.05) is 6.20 Å². The predicted molar refractivity (Wildman–Crippen MR) is 187 cm³/mol. The number of piperidine rings is 1. The lowest BCUT2D eigenvalue weighted by Gasteiger charge is -2.27. The summed E-state index contributed by atoms with van der Waals surface area (Å²) in [5.41, 5.74) is 2.41. The van der Waals surface area contributed by atoms with Crippen molar-refractivity contribution >= 4 is 46.8 Å². The average Bonchev–Trinajstić information content (AvgIpc) is 3.88. The fourth-order valence-corrected chi connectivity index (χ4v) is 6.20. The first-order valence-electron chi connectivity index (χ1n) is 16.9. The van der Waals surface area contributed by atoms with E-state index in [0.29, 0.717) is 86.7 Å². The van der Waals surface area contributed by atoms with Gasteiger partial charge in [-0.1, -0.05) is 22.9 Å². The molecule has 1 saturated heterocycles. The second-order valence-electron chi connectivity index (χ2n) is 12.0. The first-order chi connectivity index (χ1) is 25.7. The molecule has 2 aliphatic rings. The molecule has 5 amide bonds. The molecule has 1 atom stereocenters. The monoisotopic (exact) mass is 748 g/mol. The molecule has 0 radical (unpaired) electrons. The van der Waals surface area contributed by atoms with Crippen LogP contribution in [0.5, 0.6) is 5.75 Å². The van der Waals surface area contributed by atoms with Crippen molar-refractivity contribution in [3.05, 3.63) is 76.5 Å². The highest BCUT2D eigenvalue weighted by molar-refractivity contribution is 6.32. The van der Waals surface area contributed by atoms with Gasteiger partial charge in [0.1, 0.15) is 11.8 Å². The number of anilines is 1. The smallest absolute Gasteiger partial charge is 0.273 e. The molecule has 0 aliphatic carbocycles. The summed E-state index contributed by atoms with van der Waals surface area (Å²) in [6.07, 6.45) is 4.44. The van der Waals surface area contributed by atoms with Crippen molar-refractivity contribution in [2.45, 2.75) is 38.3 Å². The van der Waals surface area contributed by atoms with Crippen LogP contribution in [0.25, 0.3) is 11.3 Å². The van der Waals surface area contributed by atoms with E-state index in [2.05, 4.69) is 31.2 Å². The van der Waals surface area contributed by atoms with Gasteiger partial charge in [0.2, 0.25) is 11.8 Å². The molecule has 0 spiro atoms. The fraction of sp³-hybridized carbons (Fsp3) is 0.371. The summed E-state index contributed by atoms with van der Waals surface area (Å²) in [5.74, 6) is -1.75. The molecule has 2 aromatic carbocycles. The summed E-state index contributed by atoms with van der Waals surface area (Å²) >= 11 is 6.22. The fourth-order valence-electron chi connectivity index (χ4n) is 5.94. The van der Waals surface area contributed by atoms with Crippen LogP contribution in [0.3, 0.4) is 0 Å². The Morgan fingerprint density at radius 2 is 1.89 bits per heavy atom. The van der Waals surface area contributed by atoms with Crippen molar-refractivity contribution in [1.29, 1.82) is 0 Å². The number of benzene rings is 2. The van der Waals surface area contributed by atoms with Crippen molar-refractivity contribution in [1.82, 2.24) is 35.5 Å². The van der Waals surface area contributed by atoms with Gasteiger partial charge in [-0.3, -0.25) is 34.2 Å². The molecule has 4 heterocycles. The lowest BCUT2D eigenvalue weighted by molar-refractivity contribution is -0.136. The van der Waals surface area contributed by atoms with Gasteiger partial charge < -0.3 is 29.3 Å². The van der Waals surface area contributed by atoms with E-state index in [4.69, 9.17) is 30.2 Å². The number of carbonyl (C=O) groups is 5. The van der Waals surface area contributed by atoms with Crippen LogP contribution in [0.2, 0.25) is 5.02 Å². The highest BCUT2D eigenvalue weighted by atomic mass is 35.5. The van der Waals surface area contributed by atoms with Crippen LogP contribution in [0, 0.1) is 0 Å². The third kappa shape index (κ3) is 8.70. The van der Waals surface area contributed by atoms with E-state index in [0.717, 1.165) is 10.6 Å². The van der Waals surface area contributed by atoms with Crippen molar-refractivity contribution < 1.29 is 42.6 Å². The zero-order valence-corrected chi connectivity index (χ0v) is 29.5. The molecule has 2 aliphatic heterocycles. The van der Waals surface area contributed by atoms with Gasteiger partial charge in [0.05, 0.1) is 61.9 Å². The Morgan fingerprint density at radius 1 is 1.06 bits per heavy atom. The normalized spacial score (nSPS) is 15.4. The van der Waals surface area contributed by atoms with Gasteiger partial charge in [-0.2, -0.15) is 0 Å². The number of nitrogens with one attached hydrogen (secondary N) is 3. The Labute approximate surface area is 308 Å². The number of methoxy groups -OCH3 is 1. The Kier molecular flexibility index (Phi) is 12.1. The number of rotatable bonds is 18. The summed E-state index contributed by atoms with van der Waals surface area (Å²) in [4.78, 5) is 67.8. The Morgan fingerprint density at radius 3 is 2.68 bits per heavy atom. The number of hydrogen-bond acceptors (Lipinski definition) is 13. The van der Waals surface area contributed by atoms with Gasteiger partial charge in [0.15, 0.2) is 17.8 Å². The van der Waals surface area contributed by atoms with Crippen molar-refractivity contribution in [2.24, 2.45) is 0 Å². The van der Waals surface area contributed by atoms with Crippen LogP contribution >= 0.6 is 11.6 Å². The largest absolute Gasteiger partial charge is 0.495 e. The highest BCUT2D eigenvalue weighted by Gasteiger charge is 2.45. The number of imide groups is 2. The van der Waals surface area contributed by atoms with E-state index in [1.54, 1.807) is 41.1 Å². The van der Waals surface area contributed by atoms with Crippen LogP contribution < -0.4 is 20.7 Å². The van der Waals surface area contributed by atoms with Crippen molar-refractivity contribution in [3.63, 3.8) is 0 Å². The summed E-state index contributed by atoms with van der Waals surface area (Å²) in [7, 11) is 1.52. The maximum Gasteiger partial charge on any atom is 0.273 e. The van der Waals surface area contributed by atoms with Gasteiger partial charge in [-0.25, -0.2) is 9.67 Å². The van der Waals surface area contributed by atoms with E-state index in [1.165, 1.54) is 13.5 Å². The first-order valence-corrected chi connectivity index (χ1v) is 17.3. The van der Waals surface area contributed by atoms with Crippen LogP contribution in [-0.2, 0) is 32.0 Å². The summed E-state index contributed by atoms with van der Waals surface area (Å²) in [6, 6.07) is 8.94. The number of fused-ring (bicyclic) bond motifs is 1. The van der Waals surface area contributed by atoms with Crippen LogP contribution in [-0.4, -0.2) is 107 Å². The summed E-state index contributed by atoms with van der Waals surface area (Å²) < 4.78 is 23.6. The summed E-state index contributed by atoms with van der Waals surface area (Å²) in [6.45, 7) is 2.67. The molecule has 1 unspecified atom stereocenters. The van der Waals surface area contributed by atoms with E-state index >= 15 is 0 Å². The summed E-state index contributed by atoms with van der Waals surface area (Å²) in [5, 5.41) is 16.9. The van der Waals surface area contributed by atoms with Crippen molar-refractivity contribution in [2.75, 3.05) is 51.9 Å². The average molecular weight is 749 g/mol. The third-order valence-electron chi connectivity index (χ3n) is 8.54. The topological polar surface area (TPSA) is 209 Å². The zero-order valence-electron chi connectivity index (χ0n) is 28.8. The lowest BCUT2D eigenvalue weighted by atomic mass is 10.0. The standard InChI is InChI=1S/C35H37ClN8O9/c1-50-27-9-7-21(18-24(27)36)31-30(39-20-53-31)33(47)38-11-3-4-22-19-43(42-41-22)13-15-52-17-16-51-14-12-37-25-6-2-5-23-29(25)35(49)44(34(23)48)26-8-10-28(45)40-32(26)46/h2,5-7,9,18-20,26,37H,3-4,8,10-17H2,1H3,(H,38,47)(H,40,45,46). The van der Waals surface area contributed by atoms with Crippen LogP contribution in [0.15, 0.2) is 53.4 Å². The molecule has 4 aromatic rings. The lowest BCUT2D eigenvalue weighted by Crippen LogP contribution is -2.54. The second-order valence-corrected chi connectivity index (χ2v) is 12.4. The minimum Gasteiger partial charge on any atom is -0.495 e. The molecule has 1 fully saturated rings. The number of carbonyl (C=O) groups excluding carboxylic acids is 5. The minimum absolute atomic E-state index is 0.0556. The first kappa shape index (κ1) is 37.1. The Balaban J connectivity index is 0.837. The number of aromatic nitrogens is 4. The van der Waals surface area contributed by atoms with Crippen LogP contribution in [0.4, 0.5) is 5.69 Å². The number of halogens is 1. The molecule has 0 saturated carbocycles. The molecule has 18 heteroatoms. The third-order valence-corrected chi connectivity index (χ3v) is 8.84. The number of nitrogens with zero attached hydrogens (tertiary/aromatic N) is 5. The van der Waals surface area contributed by atoms with Crippen molar-refractivity contribution in [3.8, 4) is 17.1 Å². The van der Waals surface area contributed by atoms with E-state index < -0.39 is 29.7 Å². The Bertz CT molecular complexity index is 2000. The zero-order chi connectivity index (χ0) is 37.3. The van der Waals surface area contributed by atoms with Gasteiger partial charge in [-0.05, 0) is 49.6 Å².